The Bertz CT molecular complexity index is 378. The van der Waals surface area contributed by atoms with Gasteiger partial charge in [0.25, 0.3) is 0 Å². The van der Waals surface area contributed by atoms with Gasteiger partial charge < -0.3 is 0 Å². The molecule has 0 amide bonds. The average Bonchev–Trinajstić information content (AvgIpc) is 2.76. The maximum absolute atomic E-state index is 8.93. The van der Waals surface area contributed by atoms with E-state index in [0.717, 1.165) is 44.8 Å². The summed E-state index contributed by atoms with van der Waals surface area (Å²) in [6.45, 7) is 5.66. The largest absolute Gasteiger partial charge is 0.295 e. The molecule has 2 heterocycles. The van der Waals surface area contributed by atoms with Crippen molar-refractivity contribution in [3.05, 3.63) is 12.2 Å². The summed E-state index contributed by atoms with van der Waals surface area (Å²) in [4.78, 5) is 6.56. The summed E-state index contributed by atoms with van der Waals surface area (Å²) >= 11 is 0. The van der Waals surface area contributed by atoms with E-state index in [1.807, 2.05) is 4.68 Å². The number of aromatic nitrogens is 3. The van der Waals surface area contributed by atoms with Crippen LogP contribution in [0.15, 0.2) is 6.33 Å². The summed E-state index contributed by atoms with van der Waals surface area (Å²) in [7, 11) is 0. The van der Waals surface area contributed by atoms with E-state index in [4.69, 9.17) is 5.26 Å². The number of rotatable bonds is 3. The van der Waals surface area contributed by atoms with Gasteiger partial charge in [0.1, 0.15) is 12.2 Å². The molecule has 0 radical (unpaired) electrons. The second-order valence-electron chi connectivity index (χ2n) is 4.20. The van der Waals surface area contributed by atoms with Gasteiger partial charge in [-0.2, -0.15) is 10.4 Å². The van der Waals surface area contributed by atoms with Gasteiger partial charge in [0.2, 0.25) is 0 Å². The Morgan fingerprint density at radius 2 is 2.50 bits per heavy atom. The van der Waals surface area contributed by atoms with Crippen molar-refractivity contribution in [3.63, 3.8) is 0 Å². The fraction of sp³-hybridized carbons (Fsp3) is 0.727. The van der Waals surface area contributed by atoms with Crippen molar-refractivity contribution in [2.45, 2.75) is 32.9 Å². The van der Waals surface area contributed by atoms with Crippen molar-refractivity contribution in [3.8, 4) is 6.07 Å². The first-order valence-corrected chi connectivity index (χ1v) is 5.82. The van der Waals surface area contributed by atoms with Crippen molar-refractivity contribution in [1.82, 2.24) is 19.7 Å². The third kappa shape index (κ3) is 2.39. The van der Waals surface area contributed by atoms with E-state index in [9.17, 15) is 0 Å². The Hall–Kier alpha value is -1.41. The zero-order valence-corrected chi connectivity index (χ0v) is 9.63. The van der Waals surface area contributed by atoms with E-state index < -0.39 is 0 Å². The number of piperidine rings is 1. The molecule has 5 nitrogen and oxygen atoms in total. The van der Waals surface area contributed by atoms with Crippen LogP contribution in [0, 0.1) is 17.2 Å². The van der Waals surface area contributed by atoms with Crippen LogP contribution in [0.2, 0.25) is 0 Å². The SMILES string of the molecule is CCn1ncnc1CN1CCCC(C#N)C1. The molecular formula is C11H17N5. The molecule has 1 fully saturated rings. The molecule has 0 spiro atoms. The molecule has 0 aliphatic carbocycles. The predicted molar refractivity (Wildman–Crippen MR) is 59.3 cm³/mol. The minimum atomic E-state index is 0.187. The van der Waals surface area contributed by atoms with Crippen LogP contribution in [0.1, 0.15) is 25.6 Å². The van der Waals surface area contributed by atoms with Crippen LogP contribution in [0.3, 0.4) is 0 Å². The Morgan fingerprint density at radius 3 is 3.25 bits per heavy atom. The summed E-state index contributed by atoms with van der Waals surface area (Å²) in [5.41, 5.74) is 0. The number of hydrogen-bond donors (Lipinski definition) is 0. The Kier molecular flexibility index (Phi) is 3.52. The van der Waals surface area contributed by atoms with Gasteiger partial charge in [0, 0.05) is 13.1 Å². The molecule has 1 aliphatic heterocycles. The summed E-state index contributed by atoms with van der Waals surface area (Å²) in [6, 6.07) is 2.36. The molecule has 5 heteroatoms. The fourth-order valence-corrected chi connectivity index (χ4v) is 2.18. The lowest BCUT2D eigenvalue weighted by Gasteiger charge is -2.28. The van der Waals surface area contributed by atoms with E-state index in [1.54, 1.807) is 6.33 Å². The summed E-state index contributed by atoms with van der Waals surface area (Å²) in [6.07, 6.45) is 3.75. The zero-order chi connectivity index (χ0) is 11.4. The lowest BCUT2D eigenvalue weighted by atomic mass is 10.00. The van der Waals surface area contributed by atoms with Crippen molar-refractivity contribution in [2.24, 2.45) is 5.92 Å². The van der Waals surface area contributed by atoms with Crippen LogP contribution < -0.4 is 0 Å². The summed E-state index contributed by atoms with van der Waals surface area (Å²) in [5, 5.41) is 13.1. The number of likely N-dealkylation sites (tertiary alicyclic amines) is 1. The molecule has 1 unspecified atom stereocenters. The third-order valence-electron chi connectivity index (χ3n) is 3.05. The van der Waals surface area contributed by atoms with E-state index in [-0.39, 0.29) is 5.92 Å². The first-order valence-electron chi connectivity index (χ1n) is 5.82. The molecule has 1 atom stereocenters. The highest BCUT2D eigenvalue weighted by atomic mass is 15.3. The second kappa shape index (κ2) is 5.08. The van der Waals surface area contributed by atoms with Gasteiger partial charge in [0.05, 0.1) is 18.5 Å². The molecule has 0 N–H and O–H groups in total. The molecule has 16 heavy (non-hydrogen) atoms. The van der Waals surface area contributed by atoms with Crippen LogP contribution in [0.5, 0.6) is 0 Å². The van der Waals surface area contributed by atoms with Crippen molar-refractivity contribution >= 4 is 0 Å². The molecule has 1 aromatic rings. The first-order chi connectivity index (χ1) is 7.83. The number of hydrogen-bond acceptors (Lipinski definition) is 4. The molecule has 86 valence electrons. The van der Waals surface area contributed by atoms with E-state index in [0.29, 0.717) is 0 Å². The van der Waals surface area contributed by atoms with Gasteiger partial charge in [-0.25, -0.2) is 9.67 Å². The Labute approximate surface area is 95.7 Å². The minimum Gasteiger partial charge on any atom is -0.295 e. The normalized spacial score (nSPS) is 21.9. The number of aryl methyl sites for hydroxylation is 1. The van der Waals surface area contributed by atoms with Crippen molar-refractivity contribution < 1.29 is 0 Å². The predicted octanol–water partition coefficient (Wildman–Crippen LogP) is 1.03. The third-order valence-corrected chi connectivity index (χ3v) is 3.05. The molecule has 1 aliphatic rings. The van der Waals surface area contributed by atoms with Crippen LogP contribution in [0.4, 0.5) is 0 Å². The smallest absolute Gasteiger partial charge is 0.140 e. The van der Waals surface area contributed by atoms with E-state index in [1.165, 1.54) is 0 Å². The van der Waals surface area contributed by atoms with Gasteiger partial charge in [-0.3, -0.25) is 4.90 Å². The zero-order valence-electron chi connectivity index (χ0n) is 9.63. The van der Waals surface area contributed by atoms with Crippen molar-refractivity contribution in [1.29, 1.82) is 5.26 Å². The van der Waals surface area contributed by atoms with Crippen LogP contribution in [0.25, 0.3) is 0 Å². The van der Waals surface area contributed by atoms with E-state index >= 15 is 0 Å². The lowest BCUT2D eigenvalue weighted by molar-refractivity contribution is 0.185. The van der Waals surface area contributed by atoms with Gasteiger partial charge in [0.15, 0.2) is 0 Å². The number of nitriles is 1. The van der Waals surface area contributed by atoms with Crippen LogP contribution in [-0.2, 0) is 13.1 Å². The maximum Gasteiger partial charge on any atom is 0.140 e. The van der Waals surface area contributed by atoms with Crippen LogP contribution >= 0.6 is 0 Å². The molecule has 0 aromatic carbocycles. The second-order valence-corrected chi connectivity index (χ2v) is 4.20. The van der Waals surface area contributed by atoms with Gasteiger partial charge in [-0.1, -0.05) is 0 Å². The molecule has 1 saturated heterocycles. The highest BCUT2D eigenvalue weighted by Crippen LogP contribution is 2.16. The highest BCUT2D eigenvalue weighted by Gasteiger charge is 2.20. The Balaban J connectivity index is 1.97. The standard InChI is InChI=1S/C11H17N5/c1-2-16-11(13-9-14-16)8-15-5-3-4-10(6-12)7-15/h9-10H,2-5,7-8H2,1H3. The molecule has 1 aromatic heterocycles. The molecular weight excluding hydrogens is 202 g/mol. The lowest BCUT2D eigenvalue weighted by Crippen LogP contribution is -2.35. The average molecular weight is 219 g/mol. The quantitative estimate of drug-likeness (QED) is 0.762. The topological polar surface area (TPSA) is 57.7 Å². The Morgan fingerprint density at radius 1 is 1.62 bits per heavy atom. The monoisotopic (exact) mass is 219 g/mol. The van der Waals surface area contributed by atoms with Gasteiger partial charge in [-0.15, -0.1) is 0 Å². The molecule has 2 rings (SSSR count). The van der Waals surface area contributed by atoms with E-state index in [2.05, 4.69) is 28.0 Å². The summed E-state index contributed by atoms with van der Waals surface area (Å²) < 4.78 is 1.91. The first kappa shape index (κ1) is 11.1. The molecule has 0 bridgehead atoms. The molecule has 0 saturated carbocycles. The highest BCUT2D eigenvalue weighted by molar-refractivity contribution is 4.91. The van der Waals surface area contributed by atoms with Crippen LogP contribution in [-0.4, -0.2) is 32.8 Å². The summed E-state index contributed by atoms with van der Waals surface area (Å²) in [5.74, 6) is 1.19. The number of nitrogens with zero attached hydrogens (tertiary/aromatic N) is 5. The minimum absolute atomic E-state index is 0.187. The van der Waals surface area contributed by atoms with Gasteiger partial charge >= 0.3 is 0 Å². The fourth-order valence-electron chi connectivity index (χ4n) is 2.18. The van der Waals surface area contributed by atoms with Crippen molar-refractivity contribution in [2.75, 3.05) is 13.1 Å². The van der Waals surface area contributed by atoms with Gasteiger partial charge in [-0.05, 0) is 26.3 Å². The maximum atomic E-state index is 8.93.